The number of halogens is 2. The third-order valence-corrected chi connectivity index (χ3v) is 14.4. The number of allylic oxidation sites excluding steroid dienone is 1. The van der Waals surface area contributed by atoms with Gasteiger partial charge in [-0.15, -0.1) is 0 Å². The van der Waals surface area contributed by atoms with Crippen molar-refractivity contribution in [2.75, 3.05) is 51.6 Å². The molecule has 4 rings (SSSR count). The quantitative estimate of drug-likeness (QED) is 0.0136. The van der Waals surface area contributed by atoms with Crippen LogP contribution in [0.5, 0.6) is 0 Å². The number of carboxylic acids is 1. The van der Waals surface area contributed by atoms with E-state index >= 15 is 0 Å². The number of carbonyl (C=O) groups excluding carboxylic acids is 2. The fourth-order valence-corrected chi connectivity index (χ4v) is 10.3. The summed E-state index contributed by atoms with van der Waals surface area (Å²) in [4.78, 5) is 32.6. The van der Waals surface area contributed by atoms with Crippen LogP contribution in [0.25, 0.3) is 0 Å². The molecular formula is C43H80Br2Cs3O14-. The Labute approximate surface area is 570 Å². The number of fused-ring (bicyclic) bond motifs is 5. The molecule has 4 aliphatic rings. The van der Waals surface area contributed by atoms with Crippen molar-refractivity contribution in [1.29, 1.82) is 0 Å². The van der Waals surface area contributed by atoms with Gasteiger partial charge in [-0.2, -0.15) is 0 Å². The average molecular weight is 1380 g/mol. The molecule has 0 aliphatic heterocycles. The van der Waals surface area contributed by atoms with Gasteiger partial charge in [0.2, 0.25) is 0 Å². The number of carbonyl (C=O) groups is 3. The number of ether oxygens (including phenoxy) is 2. The minimum Gasteiger partial charge on any atom is -1.00 e. The Bertz CT molecular complexity index is 1190. The predicted molar refractivity (Wildman–Crippen MR) is 225 cm³/mol. The van der Waals surface area contributed by atoms with E-state index in [1.807, 2.05) is 0 Å². The van der Waals surface area contributed by atoms with Crippen molar-refractivity contribution in [2.24, 2.45) is 51.8 Å². The van der Waals surface area contributed by atoms with E-state index in [1.165, 1.54) is 56.9 Å². The molecule has 354 valence electrons. The van der Waals surface area contributed by atoms with Crippen molar-refractivity contribution in [3.63, 3.8) is 0 Å². The largest absolute Gasteiger partial charge is 1.00 e. The van der Waals surface area contributed by atoms with Crippen LogP contribution in [0.3, 0.4) is 0 Å². The summed E-state index contributed by atoms with van der Waals surface area (Å²) in [5.74, 6) is 3.39. The predicted octanol–water partition coefficient (Wildman–Crippen LogP) is -7.24. The summed E-state index contributed by atoms with van der Waals surface area (Å²) in [7, 11) is 0. The number of aliphatic hydroxyl groups is 6. The van der Waals surface area contributed by atoms with Crippen LogP contribution in [-0.2, 0) is 28.7 Å². The third kappa shape index (κ3) is 24.1. The van der Waals surface area contributed by atoms with E-state index in [4.69, 9.17) is 44.7 Å². The van der Waals surface area contributed by atoms with Gasteiger partial charge in [0.15, 0.2) is 5.60 Å². The van der Waals surface area contributed by atoms with E-state index in [9.17, 15) is 20.1 Å². The zero-order chi connectivity index (χ0) is 42.7. The molecule has 3 fully saturated rings. The van der Waals surface area contributed by atoms with Crippen molar-refractivity contribution in [1.82, 2.24) is 0 Å². The van der Waals surface area contributed by atoms with Gasteiger partial charge in [-0.25, -0.2) is 4.79 Å². The topological polar surface area (TPSA) is 244 Å². The number of esters is 1. The van der Waals surface area contributed by atoms with E-state index in [2.05, 4.69) is 61.5 Å². The van der Waals surface area contributed by atoms with Crippen LogP contribution in [0.15, 0.2) is 11.6 Å². The van der Waals surface area contributed by atoms with Crippen molar-refractivity contribution in [3.8, 4) is 0 Å². The summed E-state index contributed by atoms with van der Waals surface area (Å²) >= 11 is 3.07. The maximum Gasteiger partial charge on any atom is 1.00 e. The van der Waals surface area contributed by atoms with E-state index in [0.29, 0.717) is 10.7 Å². The summed E-state index contributed by atoms with van der Waals surface area (Å²) in [6, 6.07) is 0. The van der Waals surface area contributed by atoms with Crippen LogP contribution in [0.2, 0.25) is 0 Å². The van der Waals surface area contributed by atoms with Crippen molar-refractivity contribution in [3.05, 3.63) is 19.1 Å². The van der Waals surface area contributed by atoms with E-state index in [0.717, 1.165) is 61.7 Å². The molecule has 0 bridgehead atoms. The first-order valence-corrected chi connectivity index (χ1v) is 21.2. The second-order valence-electron chi connectivity index (χ2n) is 17.4. The van der Waals surface area contributed by atoms with E-state index in [1.54, 1.807) is 0 Å². The standard InChI is InChI=1S/C33H56O6.C5H11BrO3.C2H4O2.CH2O3.CH4.CH3.BrH.3Cs.H/c1-22(2)7-6-8-23(3)27-11-12-28-26-10-9-24-17-25(38-18-30(37)39-33(19-34,20-35)21-36)13-15-31(24,4)29(26)14-16-32(27,28)5;6-1-5(2-7,3-8)4-9;1-2(3)4;2-1-4-3;;;;;;;/h9,22-23,25-29,34-36H,6-8,10-21H2,1-5H3;7-9H,1-4H2;1H3,(H,3,4);1,3H;1H4;1H3;1H;;;;/q;;;;;-1;;3*+1;-1/p-2/t23-,25?,26+,27-,28+,29+,31+,32-;;;;;;;;;;/m1........../s1. The van der Waals surface area contributed by atoms with Crippen LogP contribution in [-0.4, -0.2) is 117 Å². The van der Waals surface area contributed by atoms with Crippen LogP contribution in [0, 0.1) is 59.2 Å². The minimum absolute atomic E-state index is 0. The van der Waals surface area contributed by atoms with Gasteiger partial charge >= 0.3 is 213 Å². The van der Waals surface area contributed by atoms with Gasteiger partial charge in [0.1, 0.15) is 6.61 Å². The Hall–Kier alpha value is 4.95. The molecule has 19 heteroatoms. The molecule has 0 saturated heterocycles. The van der Waals surface area contributed by atoms with Gasteiger partial charge in [0.25, 0.3) is 12.4 Å². The Morgan fingerprint density at radius 2 is 1.44 bits per heavy atom. The van der Waals surface area contributed by atoms with Crippen LogP contribution in [0.1, 0.15) is 121 Å². The molecule has 0 heterocycles. The molecular weight excluding hydrogens is 1300 g/mol. The number of alkyl halides is 1. The van der Waals surface area contributed by atoms with Crippen LogP contribution >= 0.6 is 15.9 Å². The molecule has 0 spiro atoms. The number of aliphatic hydroxyl groups excluding tert-OH is 6. The normalized spacial score (nSPS) is 25.8. The molecule has 0 aromatic carbocycles. The van der Waals surface area contributed by atoms with Crippen molar-refractivity contribution < 1.29 is 295 Å². The Kier molecular flexibility index (Phi) is 51.1. The molecule has 0 radical (unpaired) electrons. The summed E-state index contributed by atoms with van der Waals surface area (Å²) in [5.41, 5.74) is -0.171. The van der Waals surface area contributed by atoms with Crippen LogP contribution < -0.4 is 229 Å². The van der Waals surface area contributed by atoms with Gasteiger partial charge in [-0.1, -0.05) is 88.9 Å². The number of carboxylic acid groups (broad SMARTS) is 1. The monoisotopic (exact) mass is 1380 g/mol. The molecule has 0 aromatic heterocycles. The van der Waals surface area contributed by atoms with Gasteiger partial charge < -0.3 is 81.2 Å². The van der Waals surface area contributed by atoms with Crippen molar-refractivity contribution in [2.45, 2.75) is 131 Å². The summed E-state index contributed by atoms with van der Waals surface area (Å²) in [6.45, 7) is 10.5. The Balaban J connectivity index is -0.000000224. The summed E-state index contributed by atoms with van der Waals surface area (Å²) in [6.07, 6.45) is 16.2. The fourth-order valence-electron chi connectivity index (χ4n) is 9.77. The maximum atomic E-state index is 12.3. The molecule has 0 aromatic rings. The Morgan fingerprint density at radius 1 is 0.919 bits per heavy atom. The second kappa shape index (κ2) is 40.4. The zero-order valence-electron chi connectivity index (χ0n) is 39.9. The smallest absolute Gasteiger partial charge is 1.00 e. The second-order valence-corrected chi connectivity index (χ2v) is 18.0. The first kappa shape index (κ1) is 78.4. The van der Waals surface area contributed by atoms with Gasteiger partial charge in [0.05, 0.1) is 45.7 Å². The first-order valence-electron chi connectivity index (χ1n) is 20.1. The molecule has 7 N–H and O–H groups in total. The van der Waals surface area contributed by atoms with Crippen molar-refractivity contribution >= 4 is 34.3 Å². The molecule has 8 atom stereocenters. The molecule has 3 saturated carbocycles. The summed E-state index contributed by atoms with van der Waals surface area (Å²) in [5, 5.41) is 70.4. The first-order chi connectivity index (χ1) is 26.4. The molecule has 14 nitrogen and oxygen atoms in total. The SMILES string of the molecule is C.CC(=O)O.CC(C)CCC[C@@H](C)[C@H]1CC[C@H]2[C@@H]3CC=C4CC(OCC(=O)OC(CO)(CO)CO)CC[C@]4(C)[C@H]3CC[C@]12C.O=CO[O-].OCC(CO)(CO)CBr.[Br-].[CH3-].[Cs+].[Cs+].[Cs+].[H-]. The minimum atomic E-state index is -1.66. The molecule has 4 aliphatic carbocycles. The van der Waals surface area contributed by atoms with Gasteiger partial charge in [-0.3, -0.25) is 9.59 Å². The van der Waals surface area contributed by atoms with E-state index < -0.39 is 42.8 Å². The summed E-state index contributed by atoms with van der Waals surface area (Å²) < 4.78 is 11.1. The zero-order valence-corrected chi connectivity index (χ0v) is 60.9. The Morgan fingerprint density at radius 3 is 1.85 bits per heavy atom. The fraction of sp³-hybridized carbons (Fsp3) is 0.860. The molecule has 1 unspecified atom stereocenters. The maximum absolute atomic E-state index is 12.3. The number of hydrogen-bond donors (Lipinski definition) is 7. The average Bonchev–Trinajstić information content (AvgIpc) is 3.54. The number of hydrogen-bond acceptors (Lipinski definition) is 13. The van der Waals surface area contributed by atoms with Gasteiger partial charge in [0, 0.05) is 17.7 Å². The molecule has 62 heavy (non-hydrogen) atoms. The molecule has 0 amide bonds. The van der Waals surface area contributed by atoms with Crippen LogP contribution in [0.4, 0.5) is 0 Å². The van der Waals surface area contributed by atoms with Gasteiger partial charge in [-0.05, 0) is 97.7 Å². The number of rotatable bonds is 17. The number of aliphatic carboxylic acids is 1. The van der Waals surface area contributed by atoms with E-state index in [-0.39, 0.29) is 284 Å². The third-order valence-electron chi connectivity index (χ3n) is 13.2.